The zero-order valence-electron chi connectivity index (χ0n) is 11.7. The molecule has 1 unspecified atom stereocenters. The molecule has 2 rings (SSSR count). The molecule has 0 bridgehead atoms. The number of hydrogen-bond donors (Lipinski definition) is 1. The van der Waals surface area contributed by atoms with Crippen molar-refractivity contribution in [2.45, 2.75) is 19.3 Å². The van der Waals surface area contributed by atoms with Crippen molar-refractivity contribution >= 4 is 18.0 Å². The Morgan fingerprint density at radius 2 is 2.05 bits per heavy atom. The van der Waals surface area contributed by atoms with Gasteiger partial charge >= 0.3 is 5.97 Å². The van der Waals surface area contributed by atoms with Crippen LogP contribution in [0.25, 0.3) is 6.08 Å². The van der Waals surface area contributed by atoms with E-state index in [9.17, 15) is 14.0 Å². The van der Waals surface area contributed by atoms with E-state index in [1.165, 1.54) is 12.1 Å². The van der Waals surface area contributed by atoms with Crippen molar-refractivity contribution < 1.29 is 19.1 Å². The molecule has 1 aliphatic rings. The first-order valence-electron chi connectivity index (χ1n) is 6.99. The fourth-order valence-electron chi connectivity index (χ4n) is 2.40. The monoisotopic (exact) mass is 291 g/mol. The van der Waals surface area contributed by atoms with E-state index in [4.69, 9.17) is 5.11 Å². The number of benzene rings is 1. The van der Waals surface area contributed by atoms with Crippen LogP contribution < -0.4 is 0 Å². The molecular weight excluding hydrogens is 273 g/mol. The molecule has 1 saturated heterocycles. The summed E-state index contributed by atoms with van der Waals surface area (Å²) in [6.45, 7) is 0.908. The van der Waals surface area contributed by atoms with Crippen molar-refractivity contribution in [2.24, 2.45) is 5.92 Å². The van der Waals surface area contributed by atoms with Gasteiger partial charge in [0, 0.05) is 19.5 Å². The number of rotatable bonds is 4. The molecule has 0 saturated carbocycles. The summed E-state index contributed by atoms with van der Waals surface area (Å²) in [7, 11) is 0. The summed E-state index contributed by atoms with van der Waals surface area (Å²) >= 11 is 0. The molecule has 1 atom stereocenters. The Balaban J connectivity index is 1.86. The maximum Gasteiger partial charge on any atom is 0.308 e. The molecule has 21 heavy (non-hydrogen) atoms. The van der Waals surface area contributed by atoms with Gasteiger partial charge in [0.1, 0.15) is 5.82 Å². The second-order valence-electron chi connectivity index (χ2n) is 5.18. The van der Waals surface area contributed by atoms with E-state index in [0.29, 0.717) is 19.5 Å². The van der Waals surface area contributed by atoms with Gasteiger partial charge in [-0.15, -0.1) is 0 Å². The maximum absolute atomic E-state index is 12.7. The summed E-state index contributed by atoms with van der Waals surface area (Å²) in [4.78, 5) is 24.6. The topological polar surface area (TPSA) is 57.6 Å². The van der Waals surface area contributed by atoms with Crippen LogP contribution >= 0.6 is 0 Å². The molecule has 0 aliphatic carbocycles. The van der Waals surface area contributed by atoms with Gasteiger partial charge in [0.2, 0.25) is 5.91 Å². The van der Waals surface area contributed by atoms with Crippen LogP contribution in [0.5, 0.6) is 0 Å². The molecule has 112 valence electrons. The summed E-state index contributed by atoms with van der Waals surface area (Å²) in [5, 5.41) is 9.00. The van der Waals surface area contributed by atoms with Crippen LogP contribution in [0.4, 0.5) is 4.39 Å². The number of aliphatic carboxylic acids is 1. The second kappa shape index (κ2) is 7.02. The van der Waals surface area contributed by atoms with Gasteiger partial charge in [-0.3, -0.25) is 9.59 Å². The summed E-state index contributed by atoms with van der Waals surface area (Å²) in [6.07, 6.45) is 5.06. The lowest BCUT2D eigenvalue weighted by atomic mass is 9.98. The van der Waals surface area contributed by atoms with E-state index in [1.54, 1.807) is 29.2 Å². The van der Waals surface area contributed by atoms with E-state index in [2.05, 4.69) is 0 Å². The average Bonchev–Trinajstić information content (AvgIpc) is 2.49. The van der Waals surface area contributed by atoms with Gasteiger partial charge in [0.15, 0.2) is 0 Å². The minimum atomic E-state index is -0.839. The highest BCUT2D eigenvalue weighted by atomic mass is 19.1. The summed E-state index contributed by atoms with van der Waals surface area (Å²) in [5.74, 6) is -1.66. The maximum atomic E-state index is 12.7. The number of carbonyl (C=O) groups is 2. The number of carbonyl (C=O) groups excluding carboxylic acids is 1. The van der Waals surface area contributed by atoms with Crippen LogP contribution in [0.2, 0.25) is 0 Å². The van der Waals surface area contributed by atoms with Gasteiger partial charge in [-0.1, -0.05) is 24.3 Å². The number of carboxylic acid groups (broad SMARTS) is 1. The molecule has 1 heterocycles. The van der Waals surface area contributed by atoms with Crippen LogP contribution in [-0.2, 0) is 9.59 Å². The number of hydrogen-bond acceptors (Lipinski definition) is 2. The molecular formula is C16H18FNO3. The second-order valence-corrected chi connectivity index (χ2v) is 5.18. The largest absolute Gasteiger partial charge is 0.481 e. The summed E-state index contributed by atoms with van der Waals surface area (Å²) in [5.41, 5.74) is 0.825. The van der Waals surface area contributed by atoms with E-state index < -0.39 is 11.9 Å². The zero-order chi connectivity index (χ0) is 15.2. The number of likely N-dealkylation sites (tertiary alicyclic amines) is 1. The van der Waals surface area contributed by atoms with E-state index in [-0.39, 0.29) is 18.1 Å². The van der Waals surface area contributed by atoms with Crippen LogP contribution in [0.1, 0.15) is 24.8 Å². The Hall–Kier alpha value is -2.17. The lowest BCUT2D eigenvalue weighted by Crippen LogP contribution is -2.42. The van der Waals surface area contributed by atoms with E-state index >= 15 is 0 Å². The number of halogens is 1. The fraction of sp³-hybridized carbons (Fsp3) is 0.375. The summed E-state index contributed by atoms with van der Waals surface area (Å²) < 4.78 is 12.7. The standard InChI is InChI=1S/C16H18FNO3/c17-14-8-6-12(7-9-14)3-1-5-15(19)18-10-2-4-13(11-18)16(20)21/h1,3,6-9,13H,2,4-5,10-11H2,(H,20,21)/b3-1+. The third-order valence-corrected chi connectivity index (χ3v) is 3.60. The Morgan fingerprint density at radius 1 is 1.33 bits per heavy atom. The van der Waals surface area contributed by atoms with Crippen LogP contribution in [0.3, 0.4) is 0 Å². The SMILES string of the molecule is O=C(O)C1CCCN(C(=O)C/C=C/c2ccc(F)cc2)C1. The van der Waals surface area contributed by atoms with Crippen molar-refractivity contribution in [2.75, 3.05) is 13.1 Å². The summed E-state index contributed by atoms with van der Waals surface area (Å²) in [6, 6.07) is 6.00. The zero-order valence-corrected chi connectivity index (χ0v) is 11.7. The van der Waals surface area contributed by atoms with Crippen LogP contribution in [-0.4, -0.2) is 35.0 Å². The third-order valence-electron chi connectivity index (χ3n) is 3.60. The molecule has 1 N–H and O–H groups in total. The number of carboxylic acids is 1. The Bertz CT molecular complexity index is 539. The Kier molecular flexibility index (Phi) is 5.09. The third kappa shape index (κ3) is 4.41. The first kappa shape index (κ1) is 15.2. The quantitative estimate of drug-likeness (QED) is 0.927. The Labute approximate surface area is 122 Å². The van der Waals surface area contributed by atoms with Gasteiger partial charge < -0.3 is 10.0 Å². The highest BCUT2D eigenvalue weighted by molar-refractivity contribution is 5.80. The van der Waals surface area contributed by atoms with E-state index in [1.807, 2.05) is 0 Å². The number of nitrogens with zero attached hydrogens (tertiary/aromatic N) is 1. The van der Waals surface area contributed by atoms with Gasteiger partial charge in [-0.25, -0.2) is 4.39 Å². The molecule has 0 aromatic heterocycles. The molecule has 1 aliphatic heterocycles. The first-order chi connectivity index (χ1) is 10.1. The lowest BCUT2D eigenvalue weighted by molar-refractivity contribution is -0.145. The molecule has 5 heteroatoms. The molecule has 1 aromatic carbocycles. The van der Waals surface area contributed by atoms with Gasteiger partial charge in [-0.2, -0.15) is 0 Å². The fourth-order valence-corrected chi connectivity index (χ4v) is 2.40. The normalized spacial score (nSPS) is 18.9. The van der Waals surface area contributed by atoms with Crippen molar-refractivity contribution in [3.05, 3.63) is 41.7 Å². The van der Waals surface area contributed by atoms with Crippen molar-refractivity contribution in [3.8, 4) is 0 Å². The minimum absolute atomic E-state index is 0.0701. The van der Waals surface area contributed by atoms with Gasteiger partial charge in [0.25, 0.3) is 0 Å². The minimum Gasteiger partial charge on any atom is -0.481 e. The van der Waals surface area contributed by atoms with Crippen molar-refractivity contribution in [3.63, 3.8) is 0 Å². The predicted octanol–water partition coefficient (Wildman–Crippen LogP) is 2.55. The van der Waals surface area contributed by atoms with Crippen LogP contribution in [0.15, 0.2) is 30.3 Å². The van der Waals surface area contributed by atoms with Gasteiger partial charge in [0.05, 0.1) is 5.92 Å². The first-order valence-corrected chi connectivity index (χ1v) is 6.99. The smallest absolute Gasteiger partial charge is 0.308 e. The number of amides is 1. The number of piperidine rings is 1. The van der Waals surface area contributed by atoms with E-state index in [0.717, 1.165) is 12.0 Å². The lowest BCUT2D eigenvalue weighted by Gasteiger charge is -2.30. The van der Waals surface area contributed by atoms with Crippen molar-refractivity contribution in [1.82, 2.24) is 4.90 Å². The van der Waals surface area contributed by atoms with Crippen molar-refractivity contribution in [1.29, 1.82) is 0 Å². The average molecular weight is 291 g/mol. The molecule has 1 aromatic rings. The molecule has 1 fully saturated rings. The molecule has 4 nitrogen and oxygen atoms in total. The van der Waals surface area contributed by atoms with Crippen LogP contribution in [0, 0.1) is 11.7 Å². The highest BCUT2D eigenvalue weighted by Gasteiger charge is 2.27. The Morgan fingerprint density at radius 3 is 2.71 bits per heavy atom. The van der Waals surface area contributed by atoms with Gasteiger partial charge in [-0.05, 0) is 30.5 Å². The molecule has 1 amide bonds. The molecule has 0 radical (unpaired) electrons. The highest BCUT2D eigenvalue weighted by Crippen LogP contribution is 2.17. The predicted molar refractivity (Wildman–Crippen MR) is 77.0 cm³/mol. The molecule has 0 spiro atoms.